The summed E-state index contributed by atoms with van der Waals surface area (Å²) in [5, 5.41) is 15.8. The molecule has 154 valence electrons. The number of aromatic hydroxyl groups is 1. The minimum atomic E-state index is -3.61. The zero-order valence-electron chi connectivity index (χ0n) is 16.2. The molecule has 1 saturated heterocycles. The molecule has 1 heterocycles. The predicted octanol–water partition coefficient (Wildman–Crippen LogP) is 3.09. The number of hydrazone groups is 1. The number of nitrogens with zero attached hydrogens (tertiary/aromatic N) is 2. The topological polar surface area (TPSA) is 99.1 Å². The van der Waals surface area contributed by atoms with Crippen LogP contribution in [0.2, 0.25) is 0 Å². The van der Waals surface area contributed by atoms with E-state index in [0.717, 1.165) is 23.6 Å². The first kappa shape index (κ1) is 20.1. The molecule has 3 aromatic rings. The minimum absolute atomic E-state index is 0.0467. The molecule has 0 unspecified atom stereocenters. The molecule has 0 saturated carbocycles. The zero-order chi connectivity index (χ0) is 21.1. The van der Waals surface area contributed by atoms with Crippen LogP contribution >= 0.6 is 0 Å². The molecule has 0 aliphatic carbocycles. The van der Waals surface area contributed by atoms with Crippen LogP contribution in [0, 0.1) is 0 Å². The Balaban J connectivity index is 1.54. The lowest BCUT2D eigenvalue weighted by atomic mass is 10.0. The molecule has 8 heteroatoms. The summed E-state index contributed by atoms with van der Waals surface area (Å²) in [4.78, 5) is 12.6. The number of benzene rings is 3. The van der Waals surface area contributed by atoms with Crippen LogP contribution in [0.4, 0.5) is 0 Å². The smallest absolute Gasteiger partial charge is 0.271 e. The average molecular weight is 423 g/mol. The van der Waals surface area contributed by atoms with Crippen molar-refractivity contribution in [2.24, 2.45) is 5.10 Å². The molecular weight excluding hydrogens is 402 g/mol. The van der Waals surface area contributed by atoms with Gasteiger partial charge in [-0.3, -0.25) is 4.79 Å². The van der Waals surface area contributed by atoms with Crippen LogP contribution < -0.4 is 5.43 Å². The lowest BCUT2D eigenvalue weighted by Gasteiger charge is -2.15. The predicted molar refractivity (Wildman–Crippen MR) is 115 cm³/mol. The molecule has 1 aliphatic rings. The van der Waals surface area contributed by atoms with Crippen molar-refractivity contribution in [2.45, 2.75) is 17.7 Å². The van der Waals surface area contributed by atoms with Crippen molar-refractivity contribution < 1.29 is 18.3 Å². The van der Waals surface area contributed by atoms with Crippen molar-refractivity contribution >= 4 is 32.9 Å². The number of sulfonamides is 1. The molecule has 1 fully saturated rings. The summed E-state index contributed by atoms with van der Waals surface area (Å²) in [5.41, 5.74) is 3.07. The fourth-order valence-corrected chi connectivity index (χ4v) is 5.08. The third-order valence-corrected chi connectivity index (χ3v) is 7.00. The van der Waals surface area contributed by atoms with Gasteiger partial charge in [0.1, 0.15) is 5.75 Å². The van der Waals surface area contributed by atoms with Crippen LogP contribution in [0.15, 0.2) is 70.7 Å². The Morgan fingerprint density at radius 2 is 1.80 bits per heavy atom. The van der Waals surface area contributed by atoms with E-state index in [1.54, 1.807) is 12.1 Å². The van der Waals surface area contributed by atoms with E-state index >= 15 is 0 Å². The van der Waals surface area contributed by atoms with Gasteiger partial charge in [0.05, 0.1) is 11.1 Å². The second-order valence-corrected chi connectivity index (χ2v) is 9.00. The number of nitrogens with one attached hydrogen (secondary N) is 1. The maximum atomic E-state index is 12.7. The third-order valence-electron chi connectivity index (χ3n) is 5.11. The van der Waals surface area contributed by atoms with Gasteiger partial charge in [0.15, 0.2) is 0 Å². The van der Waals surface area contributed by atoms with Crippen molar-refractivity contribution in [1.82, 2.24) is 9.73 Å². The highest BCUT2D eigenvalue weighted by Crippen LogP contribution is 2.25. The van der Waals surface area contributed by atoms with E-state index in [-0.39, 0.29) is 16.2 Å². The average Bonchev–Trinajstić information content (AvgIpc) is 3.31. The van der Waals surface area contributed by atoms with E-state index in [9.17, 15) is 18.3 Å². The van der Waals surface area contributed by atoms with Crippen molar-refractivity contribution in [2.75, 3.05) is 13.1 Å². The molecule has 7 nitrogen and oxygen atoms in total. The number of carbonyl (C=O) groups excluding carboxylic acids is 1. The van der Waals surface area contributed by atoms with Crippen molar-refractivity contribution in [1.29, 1.82) is 0 Å². The lowest BCUT2D eigenvalue weighted by Crippen LogP contribution is -2.28. The molecule has 0 spiro atoms. The van der Waals surface area contributed by atoms with Gasteiger partial charge in [0, 0.05) is 24.2 Å². The van der Waals surface area contributed by atoms with Gasteiger partial charge in [0.2, 0.25) is 10.0 Å². The van der Waals surface area contributed by atoms with Gasteiger partial charge in [-0.25, -0.2) is 13.8 Å². The van der Waals surface area contributed by atoms with Crippen molar-refractivity contribution in [3.05, 3.63) is 71.8 Å². The normalized spacial score (nSPS) is 15.1. The summed E-state index contributed by atoms with van der Waals surface area (Å²) in [5.74, 6) is -0.491. The second-order valence-electron chi connectivity index (χ2n) is 7.06. The lowest BCUT2D eigenvalue weighted by molar-refractivity contribution is 0.0955. The monoisotopic (exact) mass is 423 g/mol. The van der Waals surface area contributed by atoms with Gasteiger partial charge in [-0.2, -0.15) is 9.41 Å². The van der Waals surface area contributed by atoms with Crippen molar-refractivity contribution in [3.8, 4) is 5.75 Å². The Morgan fingerprint density at radius 3 is 2.60 bits per heavy atom. The molecule has 30 heavy (non-hydrogen) atoms. The standard InChI is InChI=1S/C22H21N3O4S/c26-21-11-10-16-6-1-2-9-19(16)20(21)15-23-24-22(27)17-7-5-8-18(14-17)30(28,29)25-12-3-4-13-25/h1-2,5-11,14-15,26H,3-4,12-13H2,(H,24,27). The second kappa shape index (κ2) is 8.25. The highest BCUT2D eigenvalue weighted by atomic mass is 32.2. The van der Waals surface area contributed by atoms with Gasteiger partial charge >= 0.3 is 0 Å². The fourth-order valence-electron chi connectivity index (χ4n) is 3.52. The minimum Gasteiger partial charge on any atom is -0.507 e. The van der Waals surface area contributed by atoms with Gasteiger partial charge in [-0.15, -0.1) is 0 Å². The number of hydrogen-bond donors (Lipinski definition) is 2. The Kier molecular flexibility index (Phi) is 5.52. The van der Waals surface area contributed by atoms with E-state index in [0.29, 0.717) is 18.7 Å². The number of fused-ring (bicyclic) bond motifs is 1. The number of phenolic OH excluding ortho intramolecular Hbond substituents is 1. The van der Waals surface area contributed by atoms with E-state index in [2.05, 4.69) is 10.5 Å². The Morgan fingerprint density at radius 1 is 1.03 bits per heavy atom. The van der Waals surface area contributed by atoms with Crippen LogP contribution in [0.5, 0.6) is 5.75 Å². The number of phenols is 1. The highest BCUT2D eigenvalue weighted by molar-refractivity contribution is 7.89. The summed E-state index contributed by atoms with van der Waals surface area (Å²) >= 11 is 0. The summed E-state index contributed by atoms with van der Waals surface area (Å²) in [7, 11) is -3.61. The molecule has 0 radical (unpaired) electrons. The van der Waals surface area contributed by atoms with Gasteiger partial charge in [-0.05, 0) is 47.9 Å². The molecule has 0 atom stereocenters. The largest absolute Gasteiger partial charge is 0.507 e. The van der Waals surface area contributed by atoms with Gasteiger partial charge in [0.25, 0.3) is 5.91 Å². The Hall–Kier alpha value is -3.23. The molecule has 4 rings (SSSR count). The van der Waals surface area contributed by atoms with Crippen LogP contribution in [-0.2, 0) is 10.0 Å². The molecule has 1 amide bonds. The zero-order valence-corrected chi connectivity index (χ0v) is 17.0. The van der Waals surface area contributed by atoms with E-state index < -0.39 is 15.9 Å². The van der Waals surface area contributed by atoms with E-state index in [4.69, 9.17) is 0 Å². The Labute approximate surface area is 174 Å². The number of rotatable bonds is 5. The highest BCUT2D eigenvalue weighted by Gasteiger charge is 2.27. The molecule has 0 bridgehead atoms. The SMILES string of the molecule is O=C(NN=Cc1c(O)ccc2ccccc12)c1cccc(S(=O)(=O)N2CCCC2)c1. The maximum Gasteiger partial charge on any atom is 0.271 e. The summed E-state index contributed by atoms with van der Waals surface area (Å²) < 4.78 is 26.9. The third kappa shape index (κ3) is 3.92. The summed E-state index contributed by atoms with van der Waals surface area (Å²) in [6.07, 6.45) is 3.06. The molecule has 2 N–H and O–H groups in total. The van der Waals surface area contributed by atoms with E-state index in [1.807, 2.05) is 24.3 Å². The first-order chi connectivity index (χ1) is 14.5. The summed E-state index contributed by atoms with van der Waals surface area (Å²) in [6, 6.07) is 16.8. The Bertz CT molecular complexity index is 1230. The first-order valence-electron chi connectivity index (χ1n) is 9.61. The number of amides is 1. The van der Waals surface area contributed by atoms with Crippen LogP contribution in [0.25, 0.3) is 10.8 Å². The van der Waals surface area contributed by atoms with Gasteiger partial charge in [-0.1, -0.05) is 36.4 Å². The first-order valence-corrected chi connectivity index (χ1v) is 11.1. The van der Waals surface area contributed by atoms with Crippen LogP contribution in [0.1, 0.15) is 28.8 Å². The summed E-state index contributed by atoms with van der Waals surface area (Å²) in [6.45, 7) is 0.995. The number of hydrogen-bond acceptors (Lipinski definition) is 5. The quantitative estimate of drug-likeness (QED) is 0.487. The van der Waals surface area contributed by atoms with Crippen LogP contribution in [-0.4, -0.2) is 43.0 Å². The molecule has 3 aromatic carbocycles. The van der Waals surface area contributed by atoms with Crippen molar-refractivity contribution in [3.63, 3.8) is 0 Å². The molecular formula is C22H21N3O4S. The fraction of sp³-hybridized carbons (Fsp3) is 0.182. The van der Waals surface area contributed by atoms with E-state index in [1.165, 1.54) is 34.8 Å². The molecule has 1 aliphatic heterocycles. The maximum absolute atomic E-state index is 12.7. The van der Waals surface area contributed by atoms with Gasteiger partial charge < -0.3 is 5.11 Å². The number of carbonyl (C=O) groups is 1. The molecule has 0 aromatic heterocycles. The van der Waals surface area contributed by atoms with Crippen LogP contribution in [0.3, 0.4) is 0 Å².